The maximum absolute atomic E-state index is 13.1. The molecular formula is C26H23ClN4O4S. The molecule has 1 unspecified atom stereocenters. The van der Waals surface area contributed by atoms with Gasteiger partial charge in [-0.2, -0.15) is 0 Å². The highest BCUT2D eigenvalue weighted by Crippen LogP contribution is 2.25. The van der Waals surface area contributed by atoms with Gasteiger partial charge in [0, 0.05) is 17.4 Å². The summed E-state index contributed by atoms with van der Waals surface area (Å²) < 4.78 is 28.9. The molecule has 0 spiro atoms. The molecule has 4 rings (SSSR count). The predicted molar refractivity (Wildman–Crippen MR) is 138 cm³/mol. The smallest absolute Gasteiger partial charge is 0.322 e. The van der Waals surface area contributed by atoms with Gasteiger partial charge in [0.05, 0.1) is 11.7 Å². The van der Waals surface area contributed by atoms with E-state index in [-0.39, 0.29) is 11.4 Å². The zero-order valence-corrected chi connectivity index (χ0v) is 20.6. The Bertz CT molecular complexity index is 1430. The van der Waals surface area contributed by atoms with Crippen molar-refractivity contribution < 1.29 is 18.3 Å². The van der Waals surface area contributed by atoms with Crippen LogP contribution in [0.25, 0.3) is 11.1 Å². The van der Waals surface area contributed by atoms with Crippen molar-refractivity contribution in [3.8, 4) is 11.1 Å². The number of carboxylic acid groups (broad SMARTS) is 1. The molecular weight excluding hydrogens is 500 g/mol. The standard InChI is InChI=1S/C26H23ClN4O4S/c27-21-12-10-20(11-13-21)19-8-6-18(7-9-19)15-24(31-36(34,35)22-3-2-14-28-16-22)23-4-1-5-25(30-23)29-17-26(32)33/h1-14,16,24,31H,15,17H2,(H,29,30)(H,32,33). The van der Waals surface area contributed by atoms with E-state index >= 15 is 0 Å². The molecule has 0 fully saturated rings. The SMILES string of the molecule is O=C(O)CNc1cccc(C(Cc2ccc(-c3ccc(Cl)cc3)cc2)NS(=O)(=O)c2cccnc2)n1. The van der Waals surface area contributed by atoms with Gasteiger partial charge in [-0.05, 0) is 59.5 Å². The first kappa shape index (κ1) is 25.3. The monoisotopic (exact) mass is 522 g/mol. The van der Waals surface area contributed by atoms with Crippen molar-refractivity contribution >= 4 is 33.4 Å². The zero-order chi connectivity index (χ0) is 25.5. The average molecular weight is 523 g/mol. The van der Waals surface area contributed by atoms with Gasteiger partial charge in [0.15, 0.2) is 0 Å². The second-order valence-corrected chi connectivity index (χ2v) is 10.1. The van der Waals surface area contributed by atoms with Crippen LogP contribution in [0, 0.1) is 0 Å². The van der Waals surface area contributed by atoms with Crippen molar-refractivity contribution in [3.63, 3.8) is 0 Å². The Kier molecular flexibility index (Phi) is 7.94. The normalized spacial score (nSPS) is 12.1. The van der Waals surface area contributed by atoms with E-state index in [1.54, 1.807) is 24.3 Å². The third-order valence-corrected chi connectivity index (χ3v) is 7.07. The van der Waals surface area contributed by atoms with Crippen molar-refractivity contribution in [2.75, 3.05) is 11.9 Å². The molecule has 3 N–H and O–H groups in total. The summed E-state index contributed by atoms with van der Waals surface area (Å²) in [6.07, 6.45) is 3.09. The number of aromatic nitrogens is 2. The van der Waals surface area contributed by atoms with E-state index in [9.17, 15) is 13.2 Å². The summed E-state index contributed by atoms with van der Waals surface area (Å²) in [6.45, 7) is -0.311. The number of hydrogen-bond donors (Lipinski definition) is 3. The lowest BCUT2D eigenvalue weighted by atomic mass is 9.99. The molecule has 0 amide bonds. The van der Waals surface area contributed by atoms with Crippen LogP contribution in [-0.4, -0.2) is 36.0 Å². The van der Waals surface area contributed by atoms with E-state index in [0.717, 1.165) is 16.7 Å². The van der Waals surface area contributed by atoms with Crippen LogP contribution in [0.3, 0.4) is 0 Å². The summed E-state index contributed by atoms with van der Waals surface area (Å²) in [5, 5.41) is 12.3. The van der Waals surface area contributed by atoms with Crippen molar-refractivity contribution in [2.24, 2.45) is 0 Å². The number of aliphatic carboxylic acids is 1. The molecule has 0 bridgehead atoms. The maximum Gasteiger partial charge on any atom is 0.322 e. The van der Waals surface area contributed by atoms with Gasteiger partial charge in [-0.1, -0.05) is 54.1 Å². The molecule has 2 aromatic heterocycles. The fourth-order valence-electron chi connectivity index (χ4n) is 3.59. The Morgan fingerprint density at radius 1 is 0.944 bits per heavy atom. The molecule has 8 nitrogen and oxygen atoms in total. The summed E-state index contributed by atoms with van der Waals surface area (Å²) >= 11 is 5.98. The first-order valence-electron chi connectivity index (χ1n) is 11.0. The largest absolute Gasteiger partial charge is 0.480 e. The third kappa shape index (κ3) is 6.66. The first-order valence-corrected chi connectivity index (χ1v) is 12.9. The topological polar surface area (TPSA) is 121 Å². The van der Waals surface area contributed by atoms with E-state index in [4.69, 9.17) is 16.7 Å². The fourth-order valence-corrected chi connectivity index (χ4v) is 4.89. The fraction of sp³-hybridized carbons (Fsp3) is 0.115. The van der Waals surface area contributed by atoms with Crippen LogP contribution in [0.15, 0.2) is 96.2 Å². The van der Waals surface area contributed by atoms with Crippen LogP contribution < -0.4 is 10.0 Å². The molecule has 0 aliphatic carbocycles. The highest BCUT2D eigenvalue weighted by Gasteiger charge is 2.23. The molecule has 1 atom stereocenters. The number of nitrogens with zero attached hydrogens (tertiary/aromatic N) is 2. The minimum Gasteiger partial charge on any atom is -0.480 e. The summed E-state index contributed by atoms with van der Waals surface area (Å²) in [4.78, 5) is 19.3. The van der Waals surface area contributed by atoms with Crippen LogP contribution in [-0.2, 0) is 21.2 Å². The van der Waals surface area contributed by atoms with Gasteiger partial charge in [-0.15, -0.1) is 0 Å². The van der Waals surface area contributed by atoms with Crippen molar-refractivity contribution in [2.45, 2.75) is 17.4 Å². The molecule has 0 radical (unpaired) electrons. The minimum atomic E-state index is -3.90. The number of anilines is 1. The number of benzene rings is 2. The Balaban J connectivity index is 1.62. The summed E-state index contributed by atoms with van der Waals surface area (Å²) in [5.74, 6) is -0.699. The highest BCUT2D eigenvalue weighted by atomic mass is 35.5. The number of carboxylic acids is 1. The predicted octanol–water partition coefficient (Wildman–Crippen LogP) is 4.56. The molecule has 0 aliphatic rings. The van der Waals surface area contributed by atoms with Gasteiger partial charge >= 0.3 is 5.97 Å². The molecule has 2 aromatic carbocycles. The van der Waals surface area contributed by atoms with Crippen LogP contribution >= 0.6 is 11.6 Å². The van der Waals surface area contributed by atoms with Crippen LogP contribution in [0.5, 0.6) is 0 Å². The molecule has 2 heterocycles. The van der Waals surface area contributed by atoms with E-state index < -0.39 is 22.0 Å². The third-order valence-electron chi connectivity index (χ3n) is 5.36. The van der Waals surface area contributed by atoms with Crippen molar-refractivity contribution in [3.05, 3.63) is 108 Å². The minimum absolute atomic E-state index is 0.0354. The number of sulfonamides is 1. The molecule has 184 valence electrons. The van der Waals surface area contributed by atoms with Gasteiger partial charge in [0.2, 0.25) is 10.0 Å². The van der Waals surface area contributed by atoms with Crippen LogP contribution in [0.2, 0.25) is 5.02 Å². The van der Waals surface area contributed by atoms with Gasteiger partial charge in [-0.25, -0.2) is 18.1 Å². The lowest BCUT2D eigenvalue weighted by molar-refractivity contribution is -0.134. The molecule has 36 heavy (non-hydrogen) atoms. The number of halogens is 1. The summed E-state index contributed by atoms with van der Waals surface area (Å²) in [5.41, 5.74) is 3.34. The summed E-state index contributed by atoms with van der Waals surface area (Å²) in [6, 6.07) is 22.6. The number of carbonyl (C=O) groups is 1. The molecule has 4 aromatic rings. The number of rotatable bonds is 10. The number of nitrogens with one attached hydrogen (secondary N) is 2. The van der Waals surface area contributed by atoms with E-state index in [0.29, 0.717) is 23.0 Å². The number of hydrogen-bond acceptors (Lipinski definition) is 6. The lowest BCUT2D eigenvalue weighted by Gasteiger charge is -2.19. The van der Waals surface area contributed by atoms with Crippen molar-refractivity contribution in [1.29, 1.82) is 0 Å². The van der Waals surface area contributed by atoms with Crippen LogP contribution in [0.4, 0.5) is 5.82 Å². The Morgan fingerprint density at radius 2 is 1.64 bits per heavy atom. The van der Waals surface area contributed by atoms with E-state index in [1.165, 1.54) is 18.5 Å². The zero-order valence-electron chi connectivity index (χ0n) is 19.0. The van der Waals surface area contributed by atoms with E-state index in [1.807, 2.05) is 48.5 Å². The van der Waals surface area contributed by atoms with Crippen LogP contribution in [0.1, 0.15) is 17.3 Å². The highest BCUT2D eigenvalue weighted by molar-refractivity contribution is 7.89. The van der Waals surface area contributed by atoms with Gasteiger partial charge in [0.1, 0.15) is 17.3 Å². The number of pyridine rings is 2. The molecule has 0 saturated heterocycles. The first-order chi connectivity index (χ1) is 17.3. The Labute approximate surface area is 214 Å². The van der Waals surface area contributed by atoms with Gasteiger partial charge in [-0.3, -0.25) is 9.78 Å². The molecule has 0 aliphatic heterocycles. The van der Waals surface area contributed by atoms with E-state index in [2.05, 4.69) is 20.0 Å². The van der Waals surface area contributed by atoms with Gasteiger partial charge < -0.3 is 10.4 Å². The average Bonchev–Trinajstić information content (AvgIpc) is 2.89. The molecule has 0 saturated carbocycles. The lowest BCUT2D eigenvalue weighted by Crippen LogP contribution is -2.31. The van der Waals surface area contributed by atoms with Gasteiger partial charge in [0.25, 0.3) is 0 Å². The summed E-state index contributed by atoms with van der Waals surface area (Å²) in [7, 11) is -3.90. The Hall–Kier alpha value is -3.79. The van der Waals surface area contributed by atoms with Crippen molar-refractivity contribution in [1.82, 2.24) is 14.7 Å². The Morgan fingerprint density at radius 3 is 2.28 bits per heavy atom. The second-order valence-electron chi connectivity index (χ2n) is 7.97. The maximum atomic E-state index is 13.1. The molecule has 10 heteroatoms. The quantitative estimate of drug-likeness (QED) is 0.279. The second kappa shape index (κ2) is 11.3.